The average molecular weight is 402 g/mol. The van der Waals surface area contributed by atoms with Gasteiger partial charge < -0.3 is 10.1 Å². The number of hydrogen-bond acceptors (Lipinski definition) is 5. The van der Waals surface area contributed by atoms with E-state index in [2.05, 4.69) is 10.3 Å². The van der Waals surface area contributed by atoms with E-state index < -0.39 is 12.1 Å². The Balaban J connectivity index is 1.57. The maximum absolute atomic E-state index is 13.1. The first-order chi connectivity index (χ1) is 14.4. The summed E-state index contributed by atoms with van der Waals surface area (Å²) in [6.07, 6.45) is 1.64. The molecule has 1 aliphatic carbocycles. The summed E-state index contributed by atoms with van der Waals surface area (Å²) in [7, 11) is 0. The zero-order valence-corrected chi connectivity index (χ0v) is 16.9. The quantitative estimate of drug-likeness (QED) is 0.513. The maximum atomic E-state index is 13.1. The molecule has 0 saturated carbocycles. The second-order valence-electron chi connectivity index (χ2n) is 7.45. The van der Waals surface area contributed by atoms with Crippen molar-refractivity contribution in [1.29, 1.82) is 0 Å². The third-order valence-electron chi connectivity index (χ3n) is 5.27. The number of carbonyl (C=O) groups is 3. The zero-order chi connectivity index (χ0) is 21.3. The number of benzene rings is 2. The molecule has 6 nitrogen and oxygen atoms in total. The van der Waals surface area contributed by atoms with E-state index in [0.717, 1.165) is 41.4 Å². The molecule has 1 amide bonds. The molecule has 152 valence electrons. The minimum Gasteiger partial charge on any atom is -0.451 e. The molecule has 0 spiro atoms. The van der Waals surface area contributed by atoms with Crippen molar-refractivity contribution in [3.05, 3.63) is 70.9 Å². The molecule has 6 heteroatoms. The van der Waals surface area contributed by atoms with E-state index in [1.54, 1.807) is 31.2 Å². The van der Waals surface area contributed by atoms with Gasteiger partial charge >= 0.3 is 5.97 Å². The third-order valence-corrected chi connectivity index (χ3v) is 5.27. The van der Waals surface area contributed by atoms with Crippen LogP contribution in [0, 0.1) is 0 Å². The summed E-state index contributed by atoms with van der Waals surface area (Å²) < 4.78 is 5.59. The topological polar surface area (TPSA) is 85.4 Å². The summed E-state index contributed by atoms with van der Waals surface area (Å²) in [6.45, 7) is 2.99. The molecule has 1 N–H and O–H groups in total. The molecule has 0 fully saturated rings. The first kappa shape index (κ1) is 19.8. The number of pyridine rings is 1. The van der Waals surface area contributed by atoms with Crippen LogP contribution in [0.5, 0.6) is 0 Å². The van der Waals surface area contributed by atoms with Gasteiger partial charge in [0.25, 0.3) is 0 Å². The minimum atomic E-state index is -0.937. The van der Waals surface area contributed by atoms with Crippen LogP contribution in [0.4, 0.5) is 5.69 Å². The van der Waals surface area contributed by atoms with Gasteiger partial charge in [0.15, 0.2) is 6.10 Å². The Bertz CT molecular complexity index is 1150. The molecule has 0 unspecified atom stereocenters. The number of para-hydroxylation sites is 1. The summed E-state index contributed by atoms with van der Waals surface area (Å²) in [5, 5.41) is 3.41. The lowest BCUT2D eigenvalue weighted by molar-refractivity contribution is -0.114. The number of rotatable bonds is 5. The third kappa shape index (κ3) is 3.81. The van der Waals surface area contributed by atoms with E-state index in [0.29, 0.717) is 16.8 Å². The highest BCUT2D eigenvalue weighted by molar-refractivity contribution is 6.07. The zero-order valence-electron chi connectivity index (χ0n) is 16.9. The summed E-state index contributed by atoms with van der Waals surface area (Å²) in [6, 6.07) is 14.0. The lowest BCUT2D eigenvalue weighted by atomic mass is 10.0. The van der Waals surface area contributed by atoms with Crippen LogP contribution < -0.4 is 5.32 Å². The molecule has 1 aliphatic rings. The van der Waals surface area contributed by atoms with Crippen LogP contribution in [0.25, 0.3) is 10.9 Å². The van der Waals surface area contributed by atoms with Crippen LogP contribution in [0.1, 0.15) is 52.2 Å². The van der Waals surface area contributed by atoms with Crippen molar-refractivity contribution in [2.45, 2.75) is 39.2 Å². The van der Waals surface area contributed by atoms with E-state index in [-0.39, 0.29) is 11.7 Å². The Morgan fingerprint density at radius 1 is 1.03 bits per heavy atom. The van der Waals surface area contributed by atoms with E-state index in [1.165, 1.54) is 6.92 Å². The van der Waals surface area contributed by atoms with Crippen molar-refractivity contribution in [2.75, 3.05) is 5.32 Å². The number of nitrogens with zero attached hydrogens (tertiary/aromatic N) is 1. The Kier molecular flexibility index (Phi) is 5.31. The van der Waals surface area contributed by atoms with Gasteiger partial charge in [0.2, 0.25) is 11.7 Å². The molecule has 1 aromatic heterocycles. The van der Waals surface area contributed by atoms with Gasteiger partial charge in [-0.3, -0.25) is 14.6 Å². The number of esters is 1. The smallest absolute Gasteiger partial charge is 0.339 e. The number of Topliss-reactive ketones (excluding diaryl/α,β-unsaturated/α-hetero) is 1. The lowest BCUT2D eigenvalue weighted by Gasteiger charge is -2.16. The molecule has 1 heterocycles. The van der Waals surface area contributed by atoms with Crippen molar-refractivity contribution in [3.8, 4) is 0 Å². The summed E-state index contributed by atoms with van der Waals surface area (Å²) in [5.41, 5.74) is 4.16. The molecule has 1 atom stereocenters. The number of anilines is 1. The van der Waals surface area contributed by atoms with Crippen LogP contribution in [0.15, 0.2) is 48.5 Å². The molecule has 0 bridgehead atoms. The van der Waals surface area contributed by atoms with Crippen molar-refractivity contribution in [2.24, 2.45) is 0 Å². The number of amides is 1. The molecule has 3 aromatic rings. The van der Waals surface area contributed by atoms with Gasteiger partial charge in [0.1, 0.15) is 0 Å². The van der Waals surface area contributed by atoms with Crippen LogP contribution >= 0.6 is 0 Å². The Hall–Kier alpha value is -3.54. The van der Waals surface area contributed by atoms with Gasteiger partial charge in [-0.05, 0) is 62.1 Å². The molecule has 0 aliphatic heterocycles. The fourth-order valence-corrected chi connectivity index (χ4v) is 3.87. The van der Waals surface area contributed by atoms with E-state index in [4.69, 9.17) is 4.74 Å². The standard InChI is InChI=1S/C24H22N2O4/c1-14(23(28)16-10-12-17(13-11-16)25-15(2)27)30-24(29)22-18-6-3-4-8-20(18)26-21-9-5-7-19(21)22/h3-4,6,8,10-14H,5,7,9H2,1-2H3,(H,25,27)/t14-/m1/s1. The molecule has 0 saturated heterocycles. The Morgan fingerprint density at radius 2 is 1.77 bits per heavy atom. The largest absolute Gasteiger partial charge is 0.451 e. The number of nitrogens with one attached hydrogen (secondary N) is 1. The predicted molar refractivity (Wildman–Crippen MR) is 114 cm³/mol. The van der Waals surface area contributed by atoms with Gasteiger partial charge in [0.05, 0.1) is 11.1 Å². The number of ketones is 1. The van der Waals surface area contributed by atoms with Gasteiger partial charge in [-0.15, -0.1) is 0 Å². The molecular weight excluding hydrogens is 380 g/mol. The van der Waals surface area contributed by atoms with E-state index in [1.807, 2.05) is 24.3 Å². The number of aryl methyl sites for hydroxylation is 1. The SMILES string of the molecule is CC(=O)Nc1ccc(C(=O)[C@@H](C)OC(=O)c2c3c(nc4ccccc24)CCC3)cc1. The summed E-state index contributed by atoms with van der Waals surface area (Å²) in [4.78, 5) is 41.7. The van der Waals surface area contributed by atoms with Crippen molar-refractivity contribution < 1.29 is 19.1 Å². The van der Waals surface area contributed by atoms with Crippen LogP contribution in [-0.4, -0.2) is 28.7 Å². The van der Waals surface area contributed by atoms with Gasteiger partial charge in [-0.25, -0.2) is 4.79 Å². The first-order valence-corrected chi connectivity index (χ1v) is 9.97. The van der Waals surface area contributed by atoms with Gasteiger partial charge in [-0.1, -0.05) is 18.2 Å². The molecule has 4 rings (SSSR count). The predicted octanol–water partition coefficient (Wildman–Crippen LogP) is 4.11. The fourth-order valence-electron chi connectivity index (χ4n) is 3.87. The molecule has 30 heavy (non-hydrogen) atoms. The number of ether oxygens (including phenoxy) is 1. The number of fused-ring (bicyclic) bond motifs is 2. The lowest BCUT2D eigenvalue weighted by Crippen LogP contribution is -2.25. The first-order valence-electron chi connectivity index (χ1n) is 9.97. The maximum Gasteiger partial charge on any atom is 0.339 e. The average Bonchev–Trinajstić information content (AvgIpc) is 3.19. The highest BCUT2D eigenvalue weighted by Crippen LogP contribution is 2.30. The highest BCUT2D eigenvalue weighted by Gasteiger charge is 2.27. The molecule has 0 radical (unpaired) electrons. The minimum absolute atomic E-state index is 0.187. The monoisotopic (exact) mass is 402 g/mol. The number of aromatic nitrogens is 1. The van der Waals surface area contributed by atoms with Crippen LogP contribution in [0.3, 0.4) is 0 Å². The second kappa shape index (κ2) is 8.06. The Labute approximate surface area is 174 Å². The van der Waals surface area contributed by atoms with Crippen LogP contribution in [-0.2, 0) is 22.4 Å². The van der Waals surface area contributed by atoms with Crippen LogP contribution in [0.2, 0.25) is 0 Å². The normalized spacial score (nSPS) is 13.5. The Morgan fingerprint density at radius 3 is 2.50 bits per heavy atom. The van der Waals surface area contributed by atoms with E-state index in [9.17, 15) is 14.4 Å². The summed E-state index contributed by atoms with van der Waals surface area (Å²) in [5.74, 6) is -0.983. The number of hydrogen-bond donors (Lipinski definition) is 1. The van der Waals surface area contributed by atoms with Gasteiger partial charge in [-0.2, -0.15) is 0 Å². The van der Waals surface area contributed by atoms with Crippen molar-refractivity contribution in [3.63, 3.8) is 0 Å². The summed E-state index contributed by atoms with van der Waals surface area (Å²) >= 11 is 0. The highest BCUT2D eigenvalue weighted by atomic mass is 16.5. The van der Waals surface area contributed by atoms with E-state index >= 15 is 0 Å². The molecular formula is C24H22N2O4. The molecule has 2 aromatic carbocycles. The van der Waals surface area contributed by atoms with Crippen molar-refractivity contribution >= 4 is 34.3 Å². The van der Waals surface area contributed by atoms with Crippen molar-refractivity contribution in [1.82, 2.24) is 4.98 Å². The second-order valence-corrected chi connectivity index (χ2v) is 7.45. The van der Waals surface area contributed by atoms with Gasteiger partial charge in [0, 0.05) is 29.3 Å². The number of carbonyl (C=O) groups excluding carboxylic acids is 3. The fraction of sp³-hybridized carbons (Fsp3) is 0.250.